The predicted molar refractivity (Wildman–Crippen MR) is 103 cm³/mol. The Morgan fingerprint density at radius 1 is 0.346 bits per heavy atom. The Morgan fingerprint density at radius 3 is 0.769 bits per heavy atom. The molecule has 0 saturated heterocycles. The summed E-state index contributed by atoms with van der Waals surface area (Å²) < 4.78 is 23.4. The lowest BCUT2D eigenvalue weighted by Gasteiger charge is -2.06. The molecule has 0 atom stereocenters. The highest BCUT2D eigenvalue weighted by atomic mass is 35.5. The molecule has 8 heteroatoms. The fourth-order valence-electron chi connectivity index (χ4n) is 2.66. The molecule has 4 nitrogen and oxygen atoms in total. The second-order valence-electron chi connectivity index (χ2n) is 5.58. The Balaban J connectivity index is 1.86. The quantitative estimate of drug-likeness (QED) is 0.233. The van der Waals surface area contributed by atoms with E-state index in [4.69, 9.17) is 64.1 Å². The normalized spacial score (nSPS) is 11.8. The minimum atomic E-state index is 0.371. The highest BCUT2D eigenvalue weighted by molar-refractivity contribution is 6.43. The predicted octanol–water partition coefficient (Wildman–Crippen LogP) is 8.41. The van der Waals surface area contributed by atoms with E-state index in [2.05, 4.69) is 0 Å². The van der Waals surface area contributed by atoms with Gasteiger partial charge in [-0.2, -0.15) is 0 Å². The molecule has 0 radical (unpaired) electrons. The number of rotatable bonds is 0. The van der Waals surface area contributed by atoms with E-state index in [1.165, 1.54) is 0 Å². The van der Waals surface area contributed by atoms with Crippen LogP contribution in [0.4, 0.5) is 0 Å². The van der Waals surface area contributed by atoms with Crippen LogP contribution in [-0.4, -0.2) is 0 Å². The van der Waals surface area contributed by atoms with Gasteiger partial charge in [-0.1, -0.05) is 46.4 Å². The van der Waals surface area contributed by atoms with Crippen LogP contribution in [0.3, 0.4) is 0 Å². The van der Waals surface area contributed by atoms with Gasteiger partial charge in [-0.05, 0) is 0 Å². The molecule has 0 bridgehead atoms. The lowest BCUT2D eigenvalue weighted by atomic mass is 10.2. The average Bonchev–Trinajstić information content (AvgIpc) is 2.59. The van der Waals surface area contributed by atoms with Crippen molar-refractivity contribution in [2.24, 2.45) is 0 Å². The lowest BCUT2D eigenvalue weighted by molar-refractivity contribution is 0.565. The van der Waals surface area contributed by atoms with E-state index in [1.54, 1.807) is 36.4 Å². The van der Waals surface area contributed by atoms with E-state index < -0.39 is 0 Å². The standard InChI is InChI=1S/C18H6Cl4O4/c19-7-1-11-12(2-8(7)20)24-16-6-18-17(5-15(16)23-11)25-13-3-9(21)10(22)4-14(13)26-18/h1-6H. The molecular formula is C18H6Cl4O4. The van der Waals surface area contributed by atoms with Crippen LogP contribution >= 0.6 is 46.4 Å². The van der Waals surface area contributed by atoms with Gasteiger partial charge in [-0.3, -0.25) is 0 Å². The van der Waals surface area contributed by atoms with Crippen LogP contribution < -0.4 is 0 Å². The first-order valence-electron chi connectivity index (χ1n) is 7.35. The minimum Gasteiger partial charge on any atom is -0.449 e. The third-order valence-corrected chi connectivity index (χ3v) is 5.31. The monoisotopic (exact) mass is 426 g/mol. The summed E-state index contributed by atoms with van der Waals surface area (Å²) >= 11 is 24.1. The molecule has 0 aliphatic heterocycles. The van der Waals surface area contributed by atoms with Crippen LogP contribution in [-0.2, 0) is 0 Å². The second kappa shape index (κ2) is 5.76. The van der Waals surface area contributed by atoms with Gasteiger partial charge in [0, 0.05) is 36.4 Å². The minimum absolute atomic E-state index is 0.371. The summed E-state index contributed by atoms with van der Waals surface area (Å²) in [7, 11) is 0. The van der Waals surface area contributed by atoms with Crippen molar-refractivity contribution in [2.75, 3.05) is 0 Å². The van der Waals surface area contributed by atoms with Crippen molar-refractivity contribution >= 4 is 91.1 Å². The van der Waals surface area contributed by atoms with Gasteiger partial charge in [0.2, 0.25) is 0 Å². The van der Waals surface area contributed by atoms with Crippen molar-refractivity contribution in [3.8, 4) is 0 Å². The summed E-state index contributed by atoms with van der Waals surface area (Å²) in [5.74, 6) is 0. The van der Waals surface area contributed by atoms with E-state index >= 15 is 0 Å². The molecule has 0 aliphatic carbocycles. The maximum absolute atomic E-state index is 6.04. The SMILES string of the molecule is Clc1cc2oc3cc4oc5cc(Cl)c(Cl)cc5oc4cc3oc2cc1Cl. The number of hydrogen-bond acceptors (Lipinski definition) is 4. The molecule has 5 rings (SSSR count). The molecule has 0 aliphatic rings. The third-order valence-electron chi connectivity index (χ3n) is 3.86. The van der Waals surface area contributed by atoms with Crippen molar-refractivity contribution in [1.29, 1.82) is 0 Å². The first kappa shape index (κ1) is 16.2. The Kier molecular flexibility index (Phi) is 3.59. The third kappa shape index (κ3) is 2.53. The maximum atomic E-state index is 6.04. The molecule has 0 saturated carbocycles. The summed E-state index contributed by atoms with van der Waals surface area (Å²) in [5, 5.41) is 1.48. The number of hydrogen-bond donors (Lipinski definition) is 0. The summed E-state index contributed by atoms with van der Waals surface area (Å²) in [4.78, 5) is 0. The maximum Gasteiger partial charge on any atom is 0.174 e. The van der Waals surface area contributed by atoms with Crippen LogP contribution in [0.25, 0.3) is 44.7 Å². The lowest BCUT2D eigenvalue weighted by Crippen LogP contribution is -1.82. The highest BCUT2D eigenvalue weighted by Gasteiger charge is 2.13. The topological polar surface area (TPSA) is 52.6 Å². The molecule has 0 N–H and O–H groups in total. The first-order valence-corrected chi connectivity index (χ1v) is 8.86. The van der Waals surface area contributed by atoms with Crippen molar-refractivity contribution in [3.05, 3.63) is 56.5 Å². The van der Waals surface area contributed by atoms with Gasteiger partial charge < -0.3 is 17.7 Å². The van der Waals surface area contributed by atoms with E-state index in [0.29, 0.717) is 64.8 Å². The first-order chi connectivity index (χ1) is 12.5. The molecule has 130 valence electrons. The van der Waals surface area contributed by atoms with Gasteiger partial charge in [-0.15, -0.1) is 0 Å². The molecule has 26 heavy (non-hydrogen) atoms. The van der Waals surface area contributed by atoms with Crippen LogP contribution in [0, 0.1) is 0 Å². The van der Waals surface area contributed by atoms with Crippen LogP contribution in [0.15, 0.2) is 54.1 Å². The van der Waals surface area contributed by atoms with Crippen molar-refractivity contribution in [1.82, 2.24) is 0 Å². The fourth-order valence-corrected chi connectivity index (χ4v) is 3.27. The van der Waals surface area contributed by atoms with E-state index in [-0.39, 0.29) is 0 Å². The largest absolute Gasteiger partial charge is 0.449 e. The molecule has 2 heterocycles. The van der Waals surface area contributed by atoms with Gasteiger partial charge in [0.15, 0.2) is 44.7 Å². The molecule has 5 aromatic rings. The van der Waals surface area contributed by atoms with Gasteiger partial charge >= 0.3 is 0 Å². The molecule has 0 spiro atoms. The Bertz CT molecular complexity index is 1180. The summed E-state index contributed by atoms with van der Waals surface area (Å²) in [6.45, 7) is 0. The summed E-state index contributed by atoms with van der Waals surface area (Å²) in [5.41, 5.74) is 3.67. The molecule has 3 aromatic carbocycles. The van der Waals surface area contributed by atoms with Crippen LogP contribution in [0.1, 0.15) is 0 Å². The zero-order valence-corrected chi connectivity index (χ0v) is 15.6. The fraction of sp³-hybridized carbons (Fsp3) is 0. The molecule has 2 aromatic heterocycles. The van der Waals surface area contributed by atoms with E-state index in [1.807, 2.05) is 0 Å². The molecular weight excluding hydrogens is 422 g/mol. The molecule has 0 fully saturated rings. The van der Waals surface area contributed by atoms with Crippen molar-refractivity contribution in [2.45, 2.75) is 0 Å². The Hall–Kier alpha value is -1.98. The summed E-state index contributed by atoms with van der Waals surface area (Å²) in [6.07, 6.45) is 0. The van der Waals surface area contributed by atoms with E-state index in [9.17, 15) is 0 Å². The molecule has 0 unspecified atom stereocenters. The number of halogens is 4. The van der Waals surface area contributed by atoms with Gasteiger partial charge in [0.1, 0.15) is 0 Å². The van der Waals surface area contributed by atoms with Gasteiger partial charge in [0.25, 0.3) is 0 Å². The summed E-state index contributed by atoms with van der Waals surface area (Å²) in [6, 6.07) is 9.71. The Labute approximate surface area is 165 Å². The van der Waals surface area contributed by atoms with Crippen LogP contribution in [0.2, 0.25) is 20.1 Å². The number of benzene rings is 3. The van der Waals surface area contributed by atoms with Crippen molar-refractivity contribution in [3.63, 3.8) is 0 Å². The average molecular weight is 428 g/mol. The zero-order valence-electron chi connectivity index (χ0n) is 12.6. The smallest absolute Gasteiger partial charge is 0.174 e. The molecule has 0 amide bonds. The van der Waals surface area contributed by atoms with Gasteiger partial charge in [0.05, 0.1) is 20.1 Å². The van der Waals surface area contributed by atoms with E-state index in [0.717, 1.165) is 0 Å². The van der Waals surface area contributed by atoms with Crippen molar-refractivity contribution < 1.29 is 17.7 Å². The second-order valence-corrected chi connectivity index (χ2v) is 7.21. The zero-order chi connectivity index (χ0) is 18.0. The van der Waals surface area contributed by atoms with Crippen LogP contribution in [0.5, 0.6) is 0 Å². The highest BCUT2D eigenvalue weighted by Crippen LogP contribution is 2.35. The Morgan fingerprint density at radius 2 is 0.538 bits per heavy atom. The number of fused-ring (bicyclic) bond motifs is 4. The van der Waals surface area contributed by atoms with Gasteiger partial charge in [-0.25, -0.2) is 0 Å².